The molecule has 0 amide bonds. The number of hydrogen-bond acceptors (Lipinski definition) is 3. The highest BCUT2D eigenvalue weighted by Crippen LogP contribution is 2.32. The molecule has 1 N–H and O–H groups in total. The van der Waals surface area contributed by atoms with Crippen LogP contribution in [0.2, 0.25) is 0 Å². The maximum Gasteiger partial charge on any atom is 0.335 e. The van der Waals surface area contributed by atoms with Gasteiger partial charge in [-0.15, -0.1) is 0 Å². The van der Waals surface area contributed by atoms with Gasteiger partial charge in [-0.05, 0) is 35.7 Å². The summed E-state index contributed by atoms with van der Waals surface area (Å²) < 4.78 is 6.69. The van der Waals surface area contributed by atoms with Gasteiger partial charge in [-0.3, -0.25) is 0 Å². The number of halogens is 1. The zero-order chi connectivity index (χ0) is 14.7. The first-order chi connectivity index (χ1) is 9.47. The molecule has 0 saturated heterocycles. The van der Waals surface area contributed by atoms with Gasteiger partial charge in [-0.2, -0.15) is 0 Å². The summed E-state index contributed by atoms with van der Waals surface area (Å²) in [4.78, 5) is 15.0. The molecule has 1 aromatic carbocycles. The minimum atomic E-state index is -1.00. The van der Waals surface area contributed by atoms with Crippen molar-refractivity contribution in [2.24, 2.45) is 0 Å². The maximum absolute atomic E-state index is 10.9. The Balaban J connectivity index is 2.35. The lowest BCUT2D eigenvalue weighted by Crippen LogP contribution is -1.99. The predicted octanol–water partition coefficient (Wildman–Crippen LogP) is 4.46. The smallest absolute Gasteiger partial charge is 0.335 e. The number of aromatic carboxylic acids is 1. The fourth-order valence-corrected chi connectivity index (χ4v) is 2.15. The van der Waals surface area contributed by atoms with Gasteiger partial charge >= 0.3 is 5.97 Å². The van der Waals surface area contributed by atoms with Gasteiger partial charge < -0.3 is 9.84 Å². The van der Waals surface area contributed by atoms with Gasteiger partial charge in [0.25, 0.3) is 0 Å². The van der Waals surface area contributed by atoms with Crippen molar-refractivity contribution in [3.8, 4) is 11.6 Å². The van der Waals surface area contributed by atoms with Crippen LogP contribution in [0, 0.1) is 0 Å². The minimum Gasteiger partial charge on any atom is -0.478 e. The number of aromatic nitrogens is 1. The van der Waals surface area contributed by atoms with Gasteiger partial charge in [0.15, 0.2) is 0 Å². The van der Waals surface area contributed by atoms with Gasteiger partial charge in [0.05, 0.1) is 5.56 Å². The van der Waals surface area contributed by atoms with E-state index in [1.54, 1.807) is 0 Å². The number of benzene rings is 1. The van der Waals surface area contributed by atoms with Crippen LogP contribution in [0.4, 0.5) is 0 Å². The normalized spacial score (nSPS) is 10.6. The summed E-state index contributed by atoms with van der Waals surface area (Å²) >= 11 is 3.43. The Hall–Kier alpha value is -1.88. The third-order valence-corrected chi connectivity index (χ3v) is 3.28. The van der Waals surface area contributed by atoms with E-state index < -0.39 is 5.97 Å². The summed E-state index contributed by atoms with van der Waals surface area (Å²) in [5, 5.41) is 8.97. The quantitative estimate of drug-likeness (QED) is 0.896. The Morgan fingerprint density at radius 3 is 2.70 bits per heavy atom. The summed E-state index contributed by atoms with van der Waals surface area (Å²) in [6, 6.07) is 8.55. The number of ether oxygens (including phenoxy) is 1. The van der Waals surface area contributed by atoms with E-state index in [0.717, 1.165) is 10.0 Å². The lowest BCUT2D eigenvalue weighted by Gasteiger charge is -2.13. The van der Waals surface area contributed by atoms with Gasteiger partial charge in [0.2, 0.25) is 5.88 Å². The molecule has 20 heavy (non-hydrogen) atoms. The van der Waals surface area contributed by atoms with E-state index in [4.69, 9.17) is 9.84 Å². The van der Waals surface area contributed by atoms with Crippen molar-refractivity contribution >= 4 is 21.9 Å². The first-order valence-corrected chi connectivity index (χ1v) is 6.93. The fraction of sp³-hybridized carbons (Fsp3) is 0.200. The lowest BCUT2D eigenvalue weighted by atomic mass is 10.0. The third-order valence-electron chi connectivity index (χ3n) is 2.79. The van der Waals surface area contributed by atoms with Crippen molar-refractivity contribution in [1.29, 1.82) is 0 Å². The molecule has 5 heteroatoms. The number of hydrogen-bond donors (Lipinski definition) is 1. The summed E-state index contributed by atoms with van der Waals surface area (Å²) in [6.07, 6.45) is 1.42. The van der Waals surface area contributed by atoms with Gasteiger partial charge in [-0.1, -0.05) is 29.8 Å². The number of rotatable bonds is 4. The molecule has 4 nitrogen and oxygen atoms in total. The topological polar surface area (TPSA) is 59.4 Å². The number of carbonyl (C=O) groups is 1. The van der Waals surface area contributed by atoms with Crippen LogP contribution in [-0.2, 0) is 0 Å². The SMILES string of the molecule is CC(C)c1cc(Br)ccc1Oc1cc(C(=O)O)ccn1. The molecule has 104 valence electrons. The lowest BCUT2D eigenvalue weighted by molar-refractivity contribution is 0.0696. The molecule has 0 saturated carbocycles. The van der Waals surface area contributed by atoms with Crippen molar-refractivity contribution in [3.05, 3.63) is 52.1 Å². The van der Waals surface area contributed by atoms with E-state index >= 15 is 0 Å². The Bertz CT molecular complexity index is 641. The molecule has 0 aliphatic carbocycles. The summed E-state index contributed by atoms with van der Waals surface area (Å²) in [5.41, 5.74) is 1.18. The zero-order valence-corrected chi connectivity index (χ0v) is 12.7. The monoisotopic (exact) mass is 335 g/mol. The van der Waals surface area contributed by atoms with Crippen LogP contribution < -0.4 is 4.74 Å². The number of carboxylic acid groups (broad SMARTS) is 1. The van der Waals surface area contributed by atoms with Crippen molar-refractivity contribution in [2.75, 3.05) is 0 Å². The molecule has 0 atom stereocenters. The van der Waals surface area contributed by atoms with Gasteiger partial charge in [-0.25, -0.2) is 9.78 Å². The number of carboxylic acids is 1. The van der Waals surface area contributed by atoms with Crippen LogP contribution >= 0.6 is 15.9 Å². The first kappa shape index (κ1) is 14.5. The van der Waals surface area contributed by atoms with E-state index in [1.807, 2.05) is 18.2 Å². The molecule has 1 aromatic heterocycles. The molecule has 0 aliphatic rings. The zero-order valence-electron chi connectivity index (χ0n) is 11.1. The van der Waals surface area contributed by atoms with E-state index in [1.165, 1.54) is 18.3 Å². The average molecular weight is 336 g/mol. The van der Waals surface area contributed by atoms with Crippen LogP contribution in [0.15, 0.2) is 41.0 Å². The number of pyridine rings is 1. The predicted molar refractivity (Wildman–Crippen MR) is 79.5 cm³/mol. The van der Waals surface area contributed by atoms with Crippen molar-refractivity contribution in [3.63, 3.8) is 0 Å². The second kappa shape index (κ2) is 6.05. The highest BCUT2D eigenvalue weighted by Gasteiger charge is 2.11. The van der Waals surface area contributed by atoms with E-state index in [-0.39, 0.29) is 17.4 Å². The first-order valence-electron chi connectivity index (χ1n) is 6.14. The van der Waals surface area contributed by atoms with Crippen LogP contribution in [0.5, 0.6) is 11.6 Å². The van der Waals surface area contributed by atoms with E-state index in [0.29, 0.717) is 5.75 Å². The van der Waals surface area contributed by atoms with E-state index in [9.17, 15) is 4.79 Å². The molecular weight excluding hydrogens is 322 g/mol. The molecule has 2 aromatic rings. The molecule has 2 rings (SSSR count). The van der Waals surface area contributed by atoms with E-state index in [2.05, 4.69) is 34.8 Å². The number of nitrogens with zero attached hydrogens (tertiary/aromatic N) is 1. The van der Waals surface area contributed by atoms with Crippen LogP contribution in [0.1, 0.15) is 35.7 Å². The third kappa shape index (κ3) is 3.36. The molecular formula is C15H14BrNO3. The second-order valence-electron chi connectivity index (χ2n) is 4.63. The van der Waals surface area contributed by atoms with Crippen molar-refractivity contribution in [1.82, 2.24) is 4.98 Å². The Kier molecular flexibility index (Phi) is 4.39. The van der Waals surface area contributed by atoms with Crippen LogP contribution in [0.3, 0.4) is 0 Å². The maximum atomic E-state index is 10.9. The molecule has 0 fully saturated rings. The van der Waals surface area contributed by atoms with Crippen molar-refractivity contribution in [2.45, 2.75) is 19.8 Å². The van der Waals surface area contributed by atoms with Gasteiger partial charge in [0.1, 0.15) is 5.75 Å². The Morgan fingerprint density at radius 2 is 2.05 bits per heavy atom. The molecule has 0 bridgehead atoms. The van der Waals surface area contributed by atoms with Crippen molar-refractivity contribution < 1.29 is 14.6 Å². The standard InChI is InChI=1S/C15H14BrNO3/c1-9(2)12-8-11(16)3-4-13(12)20-14-7-10(15(18)19)5-6-17-14/h3-9H,1-2H3,(H,18,19). The van der Waals surface area contributed by atoms with Crippen LogP contribution in [-0.4, -0.2) is 16.1 Å². The highest BCUT2D eigenvalue weighted by atomic mass is 79.9. The molecule has 0 unspecified atom stereocenters. The summed E-state index contributed by atoms with van der Waals surface area (Å²) in [7, 11) is 0. The summed E-state index contributed by atoms with van der Waals surface area (Å²) in [6.45, 7) is 4.13. The molecule has 0 spiro atoms. The fourth-order valence-electron chi connectivity index (χ4n) is 1.77. The molecule has 0 aliphatic heterocycles. The Labute approximate surface area is 125 Å². The Morgan fingerprint density at radius 1 is 1.30 bits per heavy atom. The second-order valence-corrected chi connectivity index (χ2v) is 5.54. The average Bonchev–Trinajstić information content (AvgIpc) is 2.41. The van der Waals surface area contributed by atoms with Gasteiger partial charge in [0, 0.05) is 16.7 Å². The molecule has 0 radical (unpaired) electrons. The largest absolute Gasteiger partial charge is 0.478 e. The van der Waals surface area contributed by atoms with Crippen LogP contribution in [0.25, 0.3) is 0 Å². The summed E-state index contributed by atoms with van der Waals surface area (Å²) in [5.74, 6) is 0.231. The molecule has 1 heterocycles. The minimum absolute atomic E-state index is 0.151. The highest BCUT2D eigenvalue weighted by molar-refractivity contribution is 9.10.